The van der Waals surface area contributed by atoms with Gasteiger partial charge in [0.1, 0.15) is 12.3 Å². The van der Waals surface area contributed by atoms with Gasteiger partial charge in [-0.1, -0.05) is 0 Å². The lowest BCUT2D eigenvalue weighted by Crippen LogP contribution is -2.28. The average molecular weight is 561 g/mol. The first-order valence-electron chi connectivity index (χ1n) is 11.4. The Morgan fingerprint density at radius 2 is 1.69 bits per heavy atom. The van der Waals surface area contributed by atoms with E-state index in [4.69, 9.17) is 4.74 Å². The zero-order valence-electron chi connectivity index (χ0n) is 19.9. The van der Waals surface area contributed by atoms with Crippen molar-refractivity contribution >= 4 is 5.91 Å². The van der Waals surface area contributed by atoms with Crippen LogP contribution in [-0.2, 0) is 6.18 Å². The Kier molecular flexibility index (Phi) is 7.70. The fraction of sp³-hybridized carbons (Fsp3) is 0.375. The van der Waals surface area contributed by atoms with Crippen LogP contribution in [0.25, 0.3) is 11.5 Å². The molecule has 0 bridgehead atoms. The Hall–Kier alpha value is -3.91. The molecular weight excluding hydrogens is 542 g/mol. The van der Waals surface area contributed by atoms with E-state index in [0.717, 1.165) is 18.5 Å². The number of amides is 1. The van der Waals surface area contributed by atoms with Crippen LogP contribution in [-0.4, -0.2) is 45.1 Å². The van der Waals surface area contributed by atoms with Crippen LogP contribution < -0.4 is 10.1 Å². The molecule has 3 aromatic rings. The summed E-state index contributed by atoms with van der Waals surface area (Å²) >= 11 is 0. The first kappa shape index (κ1) is 28.1. The van der Waals surface area contributed by atoms with Gasteiger partial charge in [-0.25, -0.2) is 23.7 Å². The number of nitrogens with zero attached hydrogens (tertiary/aromatic N) is 4. The number of ether oxygens (including phenoxy) is 1. The first-order chi connectivity index (χ1) is 18.2. The molecule has 0 radical (unpaired) electrons. The van der Waals surface area contributed by atoms with Gasteiger partial charge in [-0.3, -0.25) is 9.78 Å². The Balaban J connectivity index is 1.56. The van der Waals surface area contributed by atoms with Crippen molar-refractivity contribution in [3.05, 3.63) is 65.4 Å². The number of hydrogen-bond acceptors (Lipinski definition) is 6. The summed E-state index contributed by atoms with van der Waals surface area (Å²) in [5.41, 5.74) is -1.73. The topological polar surface area (TPSA) is 89.9 Å². The molecule has 1 N–H and O–H groups in total. The third-order valence-corrected chi connectivity index (χ3v) is 5.88. The Morgan fingerprint density at radius 3 is 2.28 bits per heavy atom. The van der Waals surface area contributed by atoms with E-state index in [-0.39, 0.29) is 34.9 Å². The van der Waals surface area contributed by atoms with Gasteiger partial charge in [-0.05, 0) is 43.0 Å². The van der Waals surface area contributed by atoms with Gasteiger partial charge in [0.25, 0.3) is 12.3 Å². The molecule has 0 aliphatic heterocycles. The van der Waals surface area contributed by atoms with Gasteiger partial charge in [0, 0.05) is 18.0 Å². The number of hydrogen-bond donors (Lipinski definition) is 1. The predicted molar refractivity (Wildman–Crippen MR) is 119 cm³/mol. The second-order valence-electron chi connectivity index (χ2n) is 8.76. The fourth-order valence-corrected chi connectivity index (χ4v) is 3.94. The standard InChI is InChI=1S/C24H19F8N5O2/c1-11(19-20(34-3-2-33-19)21-35-8-15(9-36-21)39-10-18(25)26)37-22(38)13-4-12(5-14(6-13)23(27,28)29)16-7-17(16)24(30,31)32/h2-6,8-9,11,16-18H,7,10H2,1H3,(H,37,38). The van der Waals surface area contributed by atoms with E-state index in [9.17, 15) is 39.9 Å². The Bertz CT molecular complexity index is 1330. The lowest BCUT2D eigenvalue weighted by atomic mass is 10.00. The van der Waals surface area contributed by atoms with Gasteiger partial charge >= 0.3 is 12.4 Å². The third kappa shape index (κ3) is 6.75. The molecule has 39 heavy (non-hydrogen) atoms. The maximum atomic E-state index is 13.5. The minimum absolute atomic E-state index is 0.00289. The maximum Gasteiger partial charge on any atom is 0.416 e. The lowest BCUT2D eigenvalue weighted by Gasteiger charge is -2.17. The number of carbonyl (C=O) groups excluding carboxylic acids is 1. The molecule has 0 spiro atoms. The highest BCUT2D eigenvalue weighted by Gasteiger charge is 2.56. The van der Waals surface area contributed by atoms with Gasteiger partial charge < -0.3 is 10.1 Å². The van der Waals surface area contributed by atoms with Crippen LogP contribution in [0.15, 0.2) is 43.0 Å². The van der Waals surface area contributed by atoms with Gasteiger partial charge in [0.15, 0.2) is 11.6 Å². The van der Waals surface area contributed by atoms with Gasteiger partial charge in [-0.2, -0.15) is 26.3 Å². The van der Waals surface area contributed by atoms with E-state index in [0.29, 0.717) is 12.1 Å². The number of alkyl halides is 8. The monoisotopic (exact) mass is 561 g/mol. The van der Waals surface area contributed by atoms with E-state index < -0.39 is 60.3 Å². The molecule has 2 aromatic heterocycles. The number of aromatic nitrogens is 4. The second kappa shape index (κ2) is 10.7. The largest absolute Gasteiger partial charge is 0.484 e. The Morgan fingerprint density at radius 1 is 1.03 bits per heavy atom. The van der Waals surface area contributed by atoms with Crippen molar-refractivity contribution in [3.63, 3.8) is 0 Å². The molecule has 1 aromatic carbocycles. The van der Waals surface area contributed by atoms with Crippen LogP contribution in [0.1, 0.15) is 52.5 Å². The number of carbonyl (C=O) groups is 1. The molecule has 15 heteroatoms. The SMILES string of the molecule is CC(NC(=O)c1cc(C2CC2C(F)(F)F)cc(C(F)(F)F)c1)c1nccnc1-c1ncc(OCC(F)F)cn1. The zero-order valence-corrected chi connectivity index (χ0v) is 19.9. The highest BCUT2D eigenvalue weighted by molar-refractivity contribution is 5.95. The third-order valence-electron chi connectivity index (χ3n) is 5.88. The van der Waals surface area contributed by atoms with Crippen molar-refractivity contribution in [2.24, 2.45) is 5.92 Å². The number of halogens is 8. The molecule has 3 atom stereocenters. The van der Waals surface area contributed by atoms with Crippen molar-refractivity contribution in [3.8, 4) is 17.3 Å². The van der Waals surface area contributed by atoms with Crippen molar-refractivity contribution in [1.82, 2.24) is 25.3 Å². The molecule has 1 saturated carbocycles. The fourth-order valence-electron chi connectivity index (χ4n) is 3.94. The molecule has 0 saturated heterocycles. The first-order valence-corrected chi connectivity index (χ1v) is 11.4. The molecule has 2 heterocycles. The molecule has 1 aliphatic carbocycles. The summed E-state index contributed by atoms with van der Waals surface area (Å²) < 4.78 is 109. The highest BCUT2D eigenvalue weighted by atomic mass is 19.4. The second-order valence-corrected chi connectivity index (χ2v) is 8.76. The van der Waals surface area contributed by atoms with E-state index in [1.807, 2.05) is 0 Å². The normalized spacial score (nSPS) is 18.1. The van der Waals surface area contributed by atoms with Crippen LogP contribution in [0.4, 0.5) is 35.1 Å². The van der Waals surface area contributed by atoms with E-state index in [1.54, 1.807) is 0 Å². The summed E-state index contributed by atoms with van der Waals surface area (Å²) in [6.45, 7) is 0.595. The highest BCUT2D eigenvalue weighted by Crippen LogP contribution is 2.56. The minimum Gasteiger partial charge on any atom is -0.484 e. The van der Waals surface area contributed by atoms with Crippen molar-refractivity contribution in [2.45, 2.75) is 44.1 Å². The van der Waals surface area contributed by atoms with E-state index >= 15 is 0 Å². The van der Waals surface area contributed by atoms with Crippen molar-refractivity contribution in [1.29, 1.82) is 0 Å². The summed E-state index contributed by atoms with van der Waals surface area (Å²) in [6.07, 6.45) is -7.68. The zero-order chi connectivity index (χ0) is 28.5. The number of benzene rings is 1. The molecule has 1 aliphatic rings. The molecule has 7 nitrogen and oxygen atoms in total. The number of nitrogens with one attached hydrogen (secondary N) is 1. The van der Waals surface area contributed by atoms with Crippen LogP contribution in [0.2, 0.25) is 0 Å². The minimum atomic E-state index is -4.89. The molecule has 3 unspecified atom stereocenters. The summed E-state index contributed by atoms with van der Waals surface area (Å²) in [4.78, 5) is 29.2. The number of rotatable bonds is 8. The predicted octanol–water partition coefficient (Wildman–Crippen LogP) is 5.75. The molecule has 1 fully saturated rings. The molecule has 1 amide bonds. The van der Waals surface area contributed by atoms with Gasteiger partial charge in [0.2, 0.25) is 0 Å². The van der Waals surface area contributed by atoms with Crippen LogP contribution in [0.5, 0.6) is 5.75 Å². The lowest BCUT2D eigenvalue weighted by molar-refractivity contribution is -0.148. The summed E-state index contributed by atoms with van der Waals surface area (Å²) in [5.74, 6) is -3.96. The van der Waals surface area contributed by atoms with Gasteiger partial charge in [-0.15, -0.1) is 0 Å². The van der Waals surface area contributed by atoms with Crippen molar-refractivity contribution in [2.75, 3.05) is 6.61 Å². The van der Waals surface area contributed by atoms with Crippen LogP contribution in [0.3, 0.4) is 0 Å². The van der Waals surface area contributed by atoms with Crippen LogP contribution >= 0.6 is 0 Å². The smallest absolute Gasteiger partial charge is 0.416 e. The summed E-state index contributed by atoms with van der Waals surface area (Å²) in [7, 11) is 0. The van der Waals surface area contributed by atoms with Gasteiger partial charge in [0.05, 0.1) is 35.6 Å². The maximum absolute atomic E-state index is 13.5. The molecular formula is C24H19F8N5O2. The molecule has 4 rings (SSSR count). The summed E-state index contributed by atoms with van der Waals surface area (Å²) in [5, 5.41) is 2.48. The Labute approximate surface area is 215 Å². The quantitative estimate of drug-likeness (QED) is 0.352. The van der Waals surface area contributed by atoms with Crippen molar-refractivity contribution < 1.29 is 44.7 Å². The van der Waals surface area contributed by atoms with E-state index in [2.05, 4.69) is 25.3 Å². The summed E-state index contributed by atoms with van der Waals surface area (Å²) in [6, 6.07) is 1.26. The molecule has 208 valence electrons. The van der Waals surface area contributed by atoms with Crippen LogP contribution in [0, 0.1) is 5.92 Å². The average Bonchev–Trinajstić information content (AvgIpc) is 3.69. The van der Waals surface area contributed by atoms with E-state index in [1.165, 1.54) is 19.3 Å².